The van der Waals surface area contributed by atoms with Crippen LogP contribution in [0.25, 0.3) is 0 Å². The third kappa shape index (κ3) is 5.89. The fourth-order valence-electron chi connectivity index (χ4n) is 3.70. The molecule has 1 heterocycles. The lowest BCUT2D eigenvalue weighted by Gasteiger charge is -2.17. The zero-order valence-corrected chi connectivity index (χ0v) is 19.3. The Labute approximate surface area is 192 Å². The molecule has 4 rings (SSSR count). The predicted molar refractivity (Wildman–Crippen MR) is 126 cm³/mol. The second-order valence-electron chi connectivity index (χ2n) is 7.82. The lowest BCUT2D eigenvalue weighted by molar-refractivity contribution is -0.120. The van der Waals surface area contributed by atoms with E-state index in [0.29, 0.717) is 12.2 Å². The van der Waals surface area contributed by atoms with Gasteiger partial charge in [0.2, 0.25) is 5.91 Å². The number of hydrogen-bond acceptors (Lipinski definition) is 5. The first kappa shape index (κ1) is 22.4. The first-order valence-electron chi connectivity index (χ1n) is 10.7. The van der Waals surface area contributed by atoms with Crippen LogP contribution in [0, 0.1) is 0 Å². The second kappa shape index (κ2) is 10.2. The van der Waals surface area contributed by atoms with E-state index in [4.69, 9.17) is 4.74 Å². The van der Waals surface area contributed by atoms with Crippen LogP contribution in [0.5, 0.6) is 5.75 Å². The average molecular weight is 471 g/mol. The number of para-hydroxylation sites is 1. The minimum atomic E-state index is -3.58. The lowest BCUT2D eigenvalue weighted by atomic mass is 10.1. The molecule has 1 aliphatic rings. The van der Waals surface area contributed by atoms with E-state index >= 15 is 0 Å². The Hall–Kier alpha value is -2.84. The molecule has 1 aromatic heterocycles. The first-order chi connectivity index (χ1) is 15.5. The smallest absolute Gasteiger partial charge is 0.271 e. The molecule has 1 fully saturated rings. The third-order valence-electron chi connectivity index (χ3n) is 5.38. The lowest BCUT2D eigenvalue weighted by Crippen LogP contribution is -2.25. The topological polar surface area (TPSA) is 84.5 Å². The van der Waals surface area contributed by atoms with Gasteiger partial charge in [-0.3, -0.25) is 9.52 Å². The predicted octanol–water partition coefficient (Wildman–Crippen LogP) is 4.73. The Kier molecular flexibility index (Phi) is 7.12. The van der Waals surface area contributed by atoms with Gasteiger partial charge in [0.05, 0.1) is 12.5 Å². The van der Waals surface area contributed by atoms with Gasteiger partial charge in [0.1, 0.15) is 9.96 Å². The van der Waals surface area contributed by atoms with Crippen molar-refractivity contribution in [1.29, 1.82) is 0 Å². The first-order valence-corrected chi connectivity index (χ1v) is 13.0. The molecule has 2 aromatic carbocycles. The number of amides is 1. The van der Waals surface area contributed by atoms with Gasteiger partial charge in [-0.25, -0.2) is 8.42 Å². The maximum absolute atomic E-state index is 12.4. The second-order valence-corrected chi connectivity index (χ2v) is 10.7. The van der Waals surface area contributed by atoms with E-state index in [1.54, 1.807) is 41.8 Å². The average Bonchev–Trinajstić information content (AvgIpc) is 3.49. The molecular formula is C24H26N2O4S2. The van der Waals surface area contributed by atoms with E-state index in [-0.39, 0.29) is 22.6 Å². The molecule has 168 valence electrons. The summed E-state index contributed by atoms with van der Waals surface area (Å²) < 4.78 is 33.6. The molecule has 2 N–H and O–H groups in total. The Morgan fingerprint density at radius 3 is 2.47 bits per heavy atom. The van der Waals surface area contributed by atoms with Gasteiger partial charge < -0.3 is 10.1 Å². The number of sulfonamides is 1. The van der Waals surface area contributed by atoms with Crippen LogP contribution < -0.4 is 14.8 Å². The Morgan fingerprint density at radius 1 is 1.00 bits per heavy atom. The van der Waals surface area contributed by atoms with Crippen LogP contribution in [-0.4, -0.2) is 20.4 Å². The summed E-state index contributed by atoms with van der Waals surface area (Å²) in [6, 6.07) is 17.9. The molecule has 0 aliphatic heterocycles. The van der Waals surface area contributed by atoms with Crippen LogP contribution in [0.3, 0.4) is 0 Å². The van der Waals surface area contributed by atoms with Gasteiger partial charge in [-0.15, -0.1) is 11.3 Å². The molecule has 0 spiro atoms. The van der Waals surface area contributed by atoms with Crippen molar-refractivity contribution in [2.24, 2.45) is 0 Å². The number of nitrogens with one attached hydrogen (secondary N) is 2. The highest BCUT2D eigenvalue weighted by Gasteiger charge is 2.18. The molecule has 1 amide bonds. The number of carbonyl (C=O) groups is 1. The van der Waals surface area contributed by atoms with Crippen LogP contribution >= 0.6 is 11.3 Å². The summed E-state index contributed by atoms with van der Waals surface area (Å²) in [5.41, 5.74) is 2.23. The van der Waals surface area contributed by atoms with E-state index in [1.165, 1.54) is 12.8 Å². The molecule has 0 saturated heterocycles. The summed E-state index contributed by atoms with van der Waals surface area (Å²) >= 11 is 1.16. The van der Waals surface area contributed by atoms with Crippen molar-refractivity contribution in [1.82, 2.24) is 5.32 Å². The number of hydrogen-bond donors (Lipinski definition) is 2. The van der Waals surface area contributed by atoms with Crippen molar-refractivity contribution >= 4 is 33.0 Å². The van der Waals surface area contributed by atoms with E-state index in [2.05, 4.69) is 10.0 Å². The number of thiophene rings is 1. The summed E-state index contributed by atoms with van der Waals surface area (Å²) in [7, 11) is -3.58. The van der Waals surface area contributed by atoms with E-state index < -0.39 is 10.0 Å². The standard InChI is InChI=1S/C24H26N2O4S2/c27-23(25-17-19-6-1-4-9-22(19)30-21-7-2-3-8-21)16-18-11-13-20(14-12-18)26-32(28,29)24-10-5-15-31-24/h1,4-6,9-15,21,26H,2-3,7-8,16-17H2,(H,25,27). The molecular weight excluding hydrogens is 444 g/mol. The number of anilines is 1. The van der Waals surface area contributed by atoms with Gasteiger partial charge >= 0.3 is 0 Å². The molecule has 0 bridgehead atoms. The van der Waals surface area contributed by atoms with E-state index in [1.807, 2.05) is 24.3 Å². The Morgan fingerprint density at radius 2 is 1.75 bits per heavy atom. The molecule has 0 radical (unpaired) electrons. The van der Waals surface area contributed by atoms with E-state index in [9.17, 15) is 13.2 Å². The Balaban J connectivity index is 1.30. The van der Waals surface area contributed by atoms with Gasteiger partial charge in [0.25, 0.3) is 10.0 Å². The summed E-state index contributed by atoms with van der Waals surface area (Å²) in [5.74, 6) is 0.731. The van der Waals surface area contributed by atoms with Crippen molar-refractivity contribution in [3.05, 3.63) is 77.2 Å². The molecule has 6 nitrogen and oxygen atoms in total. The van der Waals surface area contributed by atoms with Crippen LogP contribution in [-0.2, 0) is 27.8 Å². The monoisotopic (exact) mass is 470 g/mol. The van der Waals surface area contributed by atoms with Gasteiger partial charge in [-0.05, 0) is 60.9 Å². The number of rotatable bonds is 9. The maximum Gasteiger partial charge on any atom is 0.271 e. The summed E-state index contributed by atoms with van der Waals surface area (Å²) in [5, 5.41) is 4.67. The summed E-state index contributed by atoms with van der Waals surface area (Å²) in [4.78, 5) is 12.4. The number of carbonyl (C=O) groups excluding carboxylic acids is 1. The van der Waals surface area contributed by atoms with Gasteiger partial charge in [-0.1, -0.05) is 36.4 Å². The third-order valence-corrected chi connectivity index (χ3v) is 8.15. The van der Waals surface area contributed by atoms with Crippen LogP contribution in [0.15, 0.2) is 70.3 Å². The Bertz CT molecular complexity index is 1140. The van der Waals surface area contributed by atoms with Crippen molar-refractivity contribution in [3.8, 4) is 5.75 Å². The highest BCUT2D eigenvalue weighted by molar-refractivity contribution is 7.94. The molecule has 32 heavy (non-hydrogen) atoms. The van der Waals surface area contributed by atoms with Crippen LogP contribution in [0.2, 0.25) is 0 Å². The van der Waals surface area contributed by atoms with Crippen LogP contribution in [0.1, 0.15) is 36.8 Å². The van der Waals surface area contributed by atoms with Gasteiger partial charge in [-0.2, -0.15) is 0 Å². The maximum atomic E-state index is 12.4. The number of ether oxygens (including phenoxy) is 1. The molecule has 1 aliphatic carbocycles. The van der Waals surface area contributed by atoms with Crippen LogP contribution in [0.4, 0.5) is 5.69 Å². The van der Waals surface area contributed by atoms with Gasteiger partial charge in [0.15, 0.2) is 0 Å². The molecule has 8 heteroatoms. The van der Waals surface area contributed by atoms with E-state index in [0.717, 1.165) is 41.1 Å². The summed E-state index contributed by atoms with van der Waals surface area (Å²) in [6.45, 7) is 0.403. The highest BCUT2D eigenvalue weighted by Crippen LogP contribution is 2.26. The quantitative estimate of drug-likeness (QED) is 0.474. The minimum Gasteiger partial charge on any atom is -0.490 e. The van der Waals surface area contributed by atoms with Gasteiger partial charge in [0, 0.05) is 17.8 Å². The fourth-order valence-corrected chi connectivity index (χ4v) is 5.76. The summed E-state index contributed by atoms with van der Waals surface area (Å²) in [6.07, 6.45) is 5.06. The zero-order valence-electron chi connectivity index (χ0n) is 17.6. The van der Waals surface area contributed by atoms with Crippen molar-refractivity contribution in [2.75, 3.05) is 4.72 Å². The molecule has 0 unspecified atom stereocenters. The fraction of sp³-hybridized carbons (Fsp3) is 0.292. The number of benzene rings is 2. The zero-order chi connectivity index (χ0) is 22.4. The van der Waals surface area contributed by atoms with Crippen molar-refractivity contribution in [2.45, 2.75) is 49.0 Å². The largest absolute Gasteiger partial charge is 0.490 e. The minimum absolute atomic E-state index is 0.104. The molecule has 1 saturated carbocycles. The van der Waals surface area contributed by atoms with Crippen molar-refractivity contribution < 1.29 is 17.9 Å². The van der Waals surface area contributed by atoms with Crippen molar-refractivity contribution in [3.63, 3.8) is 0 Å². The molecule has 0 atom stereocenters. The SMILES string of the molecule is O=C(Cc1ccc(NS(=O)(=O)c2cccs2)cc1)NCc1ccccc1OC1CCCC1. The molecule has 3 aromatic rings. The highest BCUT2D eigenvalue weighted by atomic mass is 32.2. The normalized spacial score (nSPS) is 14.2.